The Hall–Kier alpha value is -1.56. The SMILES string of the molecule is CN(C)CCn1ncc(O)c1C(=O)O. The van der Waals surface area contributed by atoms with Crippen molar-refractivity contribution in [2.45, 2.75) is 6.54 Å². The second-order valence-corrected chi connectivity index (χ2v) is 3.21. The Balaban J connectivity index is 2.81. The first-order valence-electron chi connectivity index (χ1n) is 4.15. The highest BCUT2D eigenvalue weighted by Crippen LogP contribution is 2.15. The van der Waals surface area contributed by atoms with E-state index in [2.05, 4.69) is 5.10 Å². The van der Waals surface area contributed by atoms with Crippen molar-refractivity contribution < 1.29 is 15.0 Å². The Kier molecular flexibility index (Phi) is 3.08. The molecule has 1 heterocycles. The highest BCUT2D eigenvalue weighted by atomic mass is 16.4. The Labute approximate surface area is 81.4 Å². The summed E-state index contributed by atoms with van der Waals surface area (Å²) in [4.78, 5) is 12.6. The van der Waals surface area contributed by atoms with Gasteiger partial charge in [-0.15, -0.1) is 0 Å². The van der Waals surface area contributed by atoms with Crippen LogP contribution in [-0.4, -0.2) is 51.5 Å². The lowest BCUT2D eigenvalue weighted by Gasteiger charge is -2.10. The topological polar surface area (TPSA) is 78.6 Å². The molecule has 0 amide bonds. The van der Waals surface area contributed by atoms with Gasteiger partial charge in [-0.25, -0.2) is 4.79 Å². The van der Waals surface area contributed by atoms with E-state index >= 15 is 0 Å². The number of nitrogens with zero attached hydrogens (tertiary/aromatic N) is 3. The van der Waals surface area contributed by atoms with E-state index in [4.69, 9.17) is 5.11 Å². The van der Waals surface area contributed by atoms with Crippen molar-refractivity contribution in [2.75, 3.05) is 20.6 Å². The Bertz CT molecular complexity index is 333. The van der Waals surface area contributed by atoms with Gasteiger partial charge in [-0.3, -0.25) is 4.68 Å². The molecule has 0 aliphatic rings. The minimum Gasteiger partial charge on any atom is -0.504 e. The minimum absolute atomic E-state index is 0.160. The van der Waals surface area contributed by atoms with E-state index in [0.717, 1.165) is 6.20 Å². The van der Waals surface area contributed by atoms with Crippen LogP contribution in [0.15, 0.2) is 6.20 Å². The van der Waals surface area contributed by atoms with Crippen LogP contribution in [0.1, 0.15) is 10.5 Å². The zero-order chi connectivity index (χ0) is 10.7. The first-order valence-corrected chi connectivity index (χ1v) is 4.15. The fourth-order valence-corrected chi connectivity index (χ4v) is 1.06. The largest absolute Gasteiger partial charge is 0.504 e. The molecular weight excluding hydrogens is 186 g/mol. The van der Waals surface area contributed by atoms with Crippen molar-refractivity contribution in [2.24, 2.45) is 0 Å². The number of carboxylic acid groups (broad SMARTS) is 1. The predicted octanol–water partition coefficient (Wildman–Crippen LogP) is -0.152. The third kappa shape index (κ3) is 2.23. The molecule has 0 spiro atoms. The molecule has 14 heavy (non-hydrogen) atoms. The van der Waals surface area contributed by atoms with Crippen molar-refractivity contribution in [1.29, 1.82) is 0 Å². The quantitative estimate of drug-likeness (QED) is 0.705. The van der Waals surface area contributed by atoms with Gasteiger partial charge in [0.05, 0.1) is 12.7 Å². The summed E-state index contributed by atoms with van der Waals surface area (Å²) < 4.78 is 1.28. The van der Waals surface area contributed by atoms with Gasteiger partial charge in [-0.05, 0) is 14.1 Å². The number of hydrogen-bond donors (Lipinski definition) is 2. The number of aromatic hydroxyl groups is 1. The normalized spacial score (nSPS) is 10.8. The summed E-state index contributed by atoms with van der Waals surface area (Å²) in [5.74, 6) is -1.46. The van der Waals surface area contributed by atoms with Crippen LogP contribution in [0.4, 0.5) is 0 Å². The summed E-state index contributed by atoms with van der Waals surface area (Å²) in [5.41, 5.74) is -0.160. The summed E-state index contributed by atoms with van der Waals surface area (Å²) in [6.07, 6.45) is 1.14. The monoisotopic (exact) mass is 199 g/mol. The van der Waals surface area contributed by atoms with Gasteiger partial charge in [0.1, 0.15) is 0 Å². The number of carbonyl (C=O) groups is 1. The molecule has 0 bridgehead atoms. The minimum atomic E-state index is -1.17. The molecule has 1 aromatic rings. The van der Waals surface area contributed by atoms with Crippen LogP contribution in [-0.2, 0) is 6.54 Å². The molecular formula is C8H13N3O3. The zero-order valence-corrected chi connectivity index (χ0v) is 8.14. The van der Waals surface area contributed by atoms with Crippen molar-refractivity contribution in [3.05, 3.63) is 11.9 Å². The van der Waals surface area contributed by atoms with Crippen LogP contribution in [0.25, 0.3) is 0 Å². The average Bonchev–Trinajstić information content (AvgIpc) is 2.43. The Morgan fingerprint density at radius 2 is 2.29 bits per heavy atom. The van der Waals surface area contributed by atoms with E-state index in [0.29, 0.717) is 13.1 Å². The molecule has 0 radical (unpaired) electrons. The molecule has 6 heteroatoms. The second kappa shape index (κ2) is 4.10. The average molecular weight is 199 g/mol. The van der Waals surface area contributed by atoms with Crippen molar-refractivity contribution in [3.8, 4) is 5.75 Å². The van der Waals surface area contributed by atoms with E-state index in [1.54, 1.807) is 0 Å². The number of likely N-dealkylation sites (N-methyl/N-ethyl adjacent to an activating group) is 1. The molecule has 0 aliphatic heterocycles. The van der Waals surface area contributed by atoms with E-state index < -0.39 is 5.97 Å². The van der Waals surface area contributed by atoms with Crippen LogP contribution in [0.3, 0.4) is 0 Å². The summed E-state index contributed by atoms with van der Waals surface area (Å²) in [7, 11) is 3.76. The number of carboxylic acids is 1. The third-order valence-electron chi connectivity index (χ3n) is 1.78. The molecule has 1 rings (SSSR count). The zero-order valence-electron chi connectivity index (χ0n) is 8.14. The van der Waals surface area contributed by atoms with Gasteiger partial charge < -0.3 is 15.1 Å². The Morgan fingerprint density at radius 3 is 2.79 bits per heavy atom. The first kappa shape index (κ1) is 10.5. The van der Waals surface area contributed by atoms with Crippen LogP contribution >= 0.6 is 0 Å². The molecule has 0 aliphatic carbocycles. The highest BCUT2D eigenvalue weighted by molar-refractivity contribution is 5.88. The fraction of sp³-hybridized carbons (Fsp3) is 0.500. The van der Waals surface area contributed by atoms with E-state index in [1.807, 2.05) is 19.0 Å². The van der Waals surface area contributed by atoms with Crippen LogP contribution in [0.2, 0.25) is 0 Å². The summed E-state index contributed by atoms with van der Waals surface area (Å²) in [6, 6.07) is 0. The van der Waals surface area contributed by atoms with E-state index in [9.17, 15) is 9.90 Å². The summed E-state index contributed by atoms with van der Waals surface area (Å²) in [5, 5.41) is 21.7. The lowest BCUT2D eigenvalue weighted by molar-refractivity contribution is 0.0679. The van der Waals surface area contributed by atoms with E-state index in [-0.39, 0.29) is 11.4 Å². The van der Waals surface area contributed by atoms with Gasteiger partial charge >= 0.3 is 5.97 Å². The maximum Gasteiger partial charge on any atom is 0.358 e. The number of aromatic carboxylic acids is 1. The van der Waals surface area contributed by atoms with Gasteiger partial charge in [0.2, 0.25) is 0 Å². The molecule has 0 atom stereocenters. The number of aromatic nitrogens is 2. The van der Waals surface area contributed by atoms with Gasteiger partial charge in [-0.2, -0.15) is 5.10 Å². The lowest BCUT2D eigenvalue weighted by Crippen LogP contribution is -2.21. The van der Waals surface area contributed by atoms with Crippen LogP contribution in [0, 0.1) is 0 Å². The van der Waals surface area contributed by atoms with Gasteiger partial charge in [0, 0.05) is 6.54 Å². The smallest absolute Gasteiger partial charge is 0.358 e. The summed E-state index contributed by atoms with van der Waals surface area (Å²) in [6.45, 7) is 1.11. The predicted molar refractivity (Wildman–Crippen MR) is 49.4 cm³/mol. The third-order valence-corrected chi connectivity index (χ3v) is 1.78. The van der Waals surface area contributed by atoms with Gasteiger partial charge in [0.25, 0.3) is 0 Å². The van der Waals surface area contributed by atoms with Crippen LogP contribution in [0.5, 0.6) is 5.75 Å². The molecule has 2 N–H and O–H groups in total. The highest BCUT2D eigenvalue weighted by Gasteiger charge is 2.16. The Morgan fingerprint density at radius 1 is 1.64 bits per heavy atom. The summed E-state index contributed by atoms with van der Waals surface area (Å²) >= 11 is 0. The maximum atomic E-state index is 10.7. The van der Waals surface area contributed by atoms with Crippen LogP contribution < -0.4 is 0 Å². The molecule has 0 saturated heterocycles. The standard InChI is InChI=1S/C8H13N3O3/c1-10(2)3-4-11-7(8(13)14)6(12)5-9-11/h5,12H,3-4H2,1-2H3,(H,13,14). The number of rotatable bonds is 4. The fourth-order valence-electron chi connectivity index (χ4n) is 1.06. The molecule has 0 saturated carbocycles. The van der Waals surface area contributed by atoms with Crippen molar-refractivity contribution in [1.82, 2.24) is 14.7 Å². The molecule has 0 fully saturated rings. The van der Waals surface area contributed by atoms with Gasteiger partial charge in [-0.1, -0.05) is 0 Å². The number of hydrogen-bond acceptors (Lipinski definition) is 4. The molecule has 0 aromatic carbocycles. The maximum absolute atomic E-state index is 10.7. The lowest BCUT2D eigenvalue weighted by atomic mass is 10.4. The molecule has 6 nitrogen and oxygen atoms in total. The second-order valence-electron chi connectivity index (χ2n) is 3.21. The van der Waals surface area contributed by atoms with Gasteiger partial charge in [0.15, 0.2) is 11.4 Å². The molecule has 78 valence electrons. The molecule has 1 aromatic heterocycles. The molecule has 0 unspecified atom stereocenters. The first-order chi connectivity index (χ1) is 6.52. The van der Waals surface area contributed by atoms with E-state index in [1.165, 1.54) is 4.68 Å². The van der Waals surface area contributed by atoms with Crippen molar-refractivity contribution in [3.63, 3.8) is 0 Å². The van der Waals surface area contributed by atoms with Crippen molar-refractivity contribution >= 4 is 5.97 Å².